The summed E-state index contributed by atoms with van der Waals surface area (Å²) in [6.07, 6.45) is -0.621. The first-order valence-corrected chi connectivity index (χ1v) is 4.34. The van der Waals surface area contributed by atoms with Crippen LogP contribution >= 0.6 is 0 Å². The van der Waals surface area contributed by atoms with Crippen molar-refractivity contribution in [3.63, 3.8) is 0 Å². The molecule has 0 saturated carbocycles. The average Bonchev–Trinajstić information content (AvgIpc) is 2.17. The van der Waals surface area contributed by atoms with Crippen LogP contribution in [-0.2, 0) is 4.79 Å². The number of hydrogen-bond acceptors (Lipinski definition) is 2. The Hall–Kier alpha value is -1.58. The molecule has 0 aromatic heterocycles. The minimum absolute atomic E-state index is 0.155. The van der Waals surface area contributed by atoms with E-state index in [9.17, 15) is 9.18 Å². The fourth-order valence-corrected chi connectivity index (χ4v) is 1.50. The third-order valence-corrected chi connectivity index (χ3v) is 2.28. The number of hydrogen-bond donors (Lipinski definition) is 0. The van der Waals surface area contributed by atoms with Gasteiger partial charge in [-0.1, -0.05) is 6.07 Å². The molecule has 0 spiro atoms. The normalized spacial score (nSPS) is 20.4. The van der Waals surface area contributed by atoms with E-state index in [0.717, 1.165) is 0 Å². The molecule has 0 saturated heterocycles. The highest BCUT2D eigenvalue weighted by atomic mass is 19.1. The zero-order valence-corrected chi connectivity index (χ0v) is 7.95. The molecular formula is C10H10FNO2. The number of para-hydroxylation sites is 1. The summed E-state index contributed by atoms with van der Waals surface area (Å²) in [4.78, 5) is 12.9. The number of ether oxygens (including phenoxy) is 1. The lowest BCUT2D eigenvalue weighted by atomic mass is 10.2. The Kier molecular flexibility index (Phi) is 1.91. The van der Waals surface area contributed by atoms with Gasteiger partial charge in [0.05, 0.1) is 5.69 Å². The van der Waals surface area contributed by atoms with Crippen molar-refractivity contribution in [2.75, 3.05) is 11.9 Å². The van der Waals surface area contributed by atoms with E-state index in [-0.39, 0.29) is 11.7 Å². The maximum absolute atomic E-state index is 13.3. The number of nitrogens with zero attached hydrogens (tertiary/aromatic N) is 1. The summed E-state index contributed by atoms with van der Waals surface area (Å²) < 4.78 is 18.5. The molecule has 1 atom stereocenters. The lowest BCUT2D eigenvalue weighted by Crippen LogP contribution is -2.42. The molecule has 0 bridgehead atoms. The Morgan fingerprint density at radius 2 is 2.21 bits per heavy atom. The number of rotatable bonds is 0. The van der Waals surface area contributed by atoms with Crippen LogP contribution in [0.4, 0.5) is 10.1 Å². The van der Waals surface area contributed by atoms with Crippen molar-refractivity contribution in [2.24, 2.45) is 0 Å². The molecule has 1 aliphatic heterocycles. The van der Waals surface area contributed by atoms with Crippen molar-refractivity contribution in [3.8, 4) is 5.75 Å². The number of carbonyl (C=O) groups is 1. The number of halogens is 1. The number of anilines is 1. The summed E-state index contributed by atoms with van der Waals surface area (Å²) in [7, 11) is 1.61. The smallest absolute Gasteiger partial charge is 0.267 e. The monoisotopic (exact) mass is 195 g/mol. The Morgan fingerprint density at radius 3 is 2.93 bits per heavy atom. The van der Waals surface area contributed by atoms with Crippen molar-refractivity contribution in [3.05, 3.63) is 24.0 Å². The zero-order chi connectivity index (χ0) is 10.3. The molecule has 1 aromatic rings. The maximum atomic E-state index is 13.3. The molecule has 1 unspecified atom stereocenters. The van der Waals surface area contributed by atoms with E-state index in [0.29, 0.717) is 5.69 Å². The van der Waals surface area contributed by atoms with Crippen LogP contribution in [0.25, 0.3) is 0 Å². The van der Waals surface area contributed by atoms with E-state index < -0.39 is 11.9 Å². The molecular weight excluding hydrogens is 185 g/mol. The average molecular weight is 195 g/mol. The third-order valence-electron chi connectivity index (χ3n) is 2.28. The van der Waals surface area contributed by atoms with Crippen molar-refractivity contribution in [1.82, 2.24) is 0 Å². The largest absolute Gasteiger partial charge is 0.476 e. The number of carbonyl (C=O) groups excluding carboxylic acids is 1. The zero-order valence-electron chi connectivity index (χ0n) is 7.95. The van der Waals surface area contributed by atoms with Crippen LogP contribution < -0.4 is 9.64 Å². The molecule has 1 aromatic carbocycles. The fourth-order valence-electron chi connectivity index (χ4n) is 1.50. The summed E-state index contributed by atoms with van der Waals surface area (Å²) >= 11 is 0. The summed E-state index contributed by atoms with van der Waals surface area (Å²) in [5, 5.41) is 0. The Balaban J connectivity index is 2.56. The van der Waals surface area contributed by atoms with Gasteiger partial charge in [0.2, 0.25) is 0 Å². The molecule has 0 N–H and O–H groups in total. The second-order valence-corrected chi connectivity index (χ2v) is 3.25. The standard InChI is InChI=1S/C10H10FNO2/c1-6-10(13)12(2)8-5-3-4-7(11)9(8)14-6/h3-6H,1-2H3. The van der Waals surface area contributed by atoms with E-state index in [1.807, 2.05) is 0 Å². The lowest BCUT2D eigenvalue weighted by molar-refractivity contribution is -0.125. The first-order valence-electron chi connectivity index (χ1n) is 4.34. The molecule has 1 heterocycles. The molecule has 74 valence electrons. The topological polar surface area (TPSA) is 29.5 Å². The molecule has 1 aliphatic rings. The van der Waals surface area contributed by atoms with Crippen molar-refractivity contribution < 1.29 is 13.9 Å². The summed E-state index contributed by atoms with van der Waals surface area (Å²) in [6, 6.07) is 4.52. The highest BCUT2D eigenvalue weighted by molar-refractivity contribution is 5.99. The first-order chi connectivity index (χ1) is 6.61. The van der Waals surface area contributed by atoms with Crippen LogP contribution in [0.1, 0.15) is 6.92 Å². The minimum Gasteiger partial charge on any atom is -0.476 e. The molecule has 0 aliphatic carbocycles. The minimum atomic E-state index is -0.621. The number of fused-ring (bicyclic) bond motifs is 1. The van der Waals surface area contributed by atoms with Gasteiger partial charge in [0.25, 0.3) is 5.91 Å². The predicted molar refractivity (Wildman–Crippen MR) is 49.9 cm³/mol. The van der Waals surface area contributed by atoms with E-state index in [4.69, 9.17) is 4.74 Å². The van der Waals surface area contributed by atoms with Gasteiger partial charge in [-0.2, -0.15) is 0 Å². The van der Waals surface area contributed by atoms with Gasteiger partial charge in [-0.05, 0) is 19.1 Å². The van der Waals surface area contributed by atoms with Gasteiger partial charge >= 0.3 is 0 Å². The quantitative estimate of drug-likeness (QED) is 0.628. The van der Waals surface area contributed by atoms with Gasteiger partial charge in [-0.25, -0.2) is 4.39 Å². The van der Waals surface area contributed by atoms with Gasteiger partial charge in [-0.15, -0.1) is 0 Å². The van der Waals surface area contributed by atoms with Gasteiger partial charge < -0.3 is 9.64 Å². The summed E-state index contributed by atoms with van der Waals surface area (Å²) in [5.41, 5.74) is 0.480. The van der Waals surface area contributed by atoms with Gasteiger partial charge in [0.1, 0.15) is 0 Å². The molecule has 0 radical (unpaired) electrons. The summed E-state index contributed by atoms with van der Waals surface area (Å²) in [5.74, 6) is -0.445. The number of likely N-dealkylation sites (N-methyl/N-ethyl adjacent to an activating group) is 1. The predicted octanol–water partition coefficient (Wildman–Crippen LogP) is 1.57. The molecule has 2 rings (SSSR count). The van der Waals surface area contributed by atoms with Crippen LogP contribution in [0.3, 0.4) is 0 Å². The molecule has 4 heteroatoms. The molecule has 0 fully saturated rings. The molecule has 14 heavy (non-hydrogen) atoms. The van der Waals surface area contributed by atoms with Gasteiger partial charge in [0.15, 0.2) is 17.7 Å². The Labute approximate surface area is 81.1 Å². The highest BCUT2D eigenvalue weighted by Crippen LogP contribution is 2.34. The maximum Gasteiger partial charge on any atom is 0.267 e. The van der Waals surface area contributed by atoms with E-state index in [1.54, 1.807) is 26.1 Å². The number of benzene rings is 1. The van der Waals surface area contributed by atoms with Gasteiger partial charge in [0, 0.05) is 7.05 Å². The Morgan fingerprint density at radius 1 is 1.50 bits per heavy atom. The van der Waals surface area contributed by atoms with Crippen LogP contribution in [0.2, 0.25) is 0 Å². The fraction of sp³-hybridized carbons (Fsp3) is 0.300. The van der Waals surface area contributed by atoms with Crippen LogP contribution in [0.15, 0.2) is 18.2 Å². The SMILES string of the molecule is CC1Oc2c(F)cccc2N(C)C1=O. The van der Waals surface area contributed by atoms with E-state index in [1.165, 1.54) is 11.0 Å². The van der Waals surface area contributed by atoms with Gasteiger partial charge in [-0.3, -0.25) is 4.79 Å². The lowest BCUT2D eigenvalue weighted by Gasteiger charge is -2.30. The van der Waals surface area contributed by atoms with Crippen molar-refractivity contribution in [2.45, 2.75) is 13.0 Å². The van der Waals surface area contributed by atoms with Crippen LogP contribution in [-0.4, -0.2) is 19.1 Å². The third kappa shape index (κ3) is 1.14. The second-order valence-electron chi connectivity index (χ2n) is 3.25. The van der Waals surface area contributed by atoms with Crippen molar-refractivity contribution in [1.29, 1.82) is 0 Å². The van der Waals surface area contributed by atoms with E-state index in [2.05, 4.69) is 0 Å². The Bertz CT molecular complexity index is 392. The van der Waals surface area contributed by atoms with E-state index >= 15 is 0 Å². The van der Waals surface area contributed by atoms with Crippen LogP contribution in [0.5, 0.6) is 5.75 Å². The molecule has 3 nitrogen and oxygen atoms in total. The van der Waals surface area contributed by atoms with Crippen LogP contribution in [0, 0.1) is 5.82 Å². The summed E-state index contributed by atoms with van der Waals surface area (Å²) in [6.45, 7) is 1.61. The molecule has 1 amide bonds. The van der Waals surface area contributed by atoms with Crippen molar-refractivity contribution >= 4 is 11.6 Å². The first kappa shape index (κ1) is 8.99. The highest BCUT2D eigenvalue weighted by Gasteiger charge is 2.30. The number of amides is 1. The second kappa shape index (κ2) is 2.97.